The number of aliphatic carboxylic acids is 1. The zero-order chi connectivity index (χ0) is 22.7. The predicted octanol–water partition coefficient (Wildman–Crippen LogP) is 3.21. The number of tetrazole rings is 1. The van der Waals surface area contributed by atoms with Crippen LogP contribution in [0.1, 0.15) is 49.5 Å². The lowest BCUT2D eigenvalue weighted by molar-refractivity contribution is -0.137. The van der Waals surface area contributed by atoms with E-state index in [0.29, 0.717) is 43.9 Å². The number of Topliss-reactive ketones (excluding diaryl/α,β-unsaturated/α-hetero) is 1. The molecule has 1 N–H and O–H groups in total. The van der Waals surface area contributed by atoms with Gasteiger partial charge in [0.15, 0.2) is 11.6 Å². The van der Waals surface area contributed by atoms with Gasteiger partial charge in [-0.2, -0.15) is 12.6 Å². The van der Waals surface area contributed by atoms with Crippen molar-refractivity contribution in [1.29, 1.82) is 0 Å². The first kappa shape index (κ1) is 25.3. The number of aryl methyl sites for hydroxylation is 1. The first-order valence-electron chi connectivity index (χ1n) is 10.8. The maximum absolute atomic E-state index is 14.7. The standard InChI is InChI=1S/C22H26FN5O3S.ClH/c23-17-5-2-1-4-16(17)21(22(31)14-7-8-14)27-11-9-18(32)15(13-27)12-19-24-25-26-28(19)10-3-6-20(29)30;/h1-2,4-5,12,14,18,21,32H,3,6-11,13H2,(H,29,30);1H/b15-12-;. The summed E-state index contributed by atoms with van der Waals surface area (Å²) in [5.74, 6) is -0.640. The minimum absolute atomic E-state index is 0. The number of piperidine rings is 1. The SMILES string of the molecule is Cl.O=C(O)CCCn1nnnc1/C=C1/CN(C(C(=O)C2CC2)c2ccccc2F)CCC1S. The molecule has 4 rings (SSSR count). The van der Waals surface area contributed by atoms with Crippen molar-refractivity contribution in [1.82, 2.24) is 25.1 Å². The summed E-state index contributed by atoms with van der Waals surface area (Å²) in [7, 11) is 0. The van der Waals surface area contributed by atoms with Crippen LogP contribution in [0.5, 0.6) is 0 Å². The van der Waals surface area contributed by atoms with E-state index in [0.717, 1.165) is 18.4 Å². The van der Waals surface area contributed by atoms with Gasteiger partial charge in [-0.1, -0.05) is 18.2 Å². The average Bonchev–Trinajstić information content (AvgIpc) is 3.53. The molecule has 11 heteroatoms. The molecular formula is C22H27ClFN5O3S. The van der Waals surface area contributed by atoms with Crippen LogP contribution in [0, 0.1) is 11.7 Å². The van der Waals surface area contributed by atoms with Gasteiger partial charge in [0.05, 0.1) is 6.04 Å². The Morgan fingerprint density at radius 1 is 1.27 bits per heavy atom. The lowest BCUT2D eigenvalue weighted by Gasteiger charge is -2.37. The number of benzene rings is 1. The molecule has 1 aromatic carbocycles. The summed E-state index contributed by atoms with van der Waals surface area (Å²) < 4.78 is 16.2. The number of aromatic nitrogens is 4. The fraction of sp³-hybridized carbons (Fsp3) is 0.500. The van der Waals surface area contributed by atoms with Gasteiger partial charge in [-0.15, -0.1) is 17.5 Å². The largest absolute Gasteiger partial charge is 0.481 e. The minimum Gasteiger partial charge on any atom is -0.481 e. The molecule has 8 nitrogen and oxygen atoms in total. The quantitative estimate of drug-likeness (QED) is 0.515. The molecular weight excluding hydrogens is 469 g/mol. The van der Waals surface area contributed by atoms with Crippen LogP contribution in [0.4, 0.5) is 4.39 Å². The zero-order valence-electron chi connectivity index (χ0n) is 18.0. The summed E-state index contributed by atoms with van der Waals surface area (Å²) in [5.41, 5.74) is 1.36. The van der Waals surface area contributed by atoms with Crippen molar-refractivity contribution in [3.05, 3.63) is 47.0 Å². The second-order valence-electron chi connectivity index (χ2n) is 8.35. The summed E-state index contributed by atoms with van der Waals surface area (Å²) in [6, 6.07) is 5.86. The summed E-state index contributed by atoms with van der Waals surface area (Å²) >= 11 is 4.71. The number of rotatable bonds is 9. The Morgan fingerprint density at radius 2 is 2.03 bits per heavy atom. The highest BCUT2D eigenvalue weighted by Crippen LogP contribution is 2.39. The van der Waals surface area contributed by atoms with Gasteiger partial charge >= 0.3 is 5.97 Å². The van der Waals surface area contributed by atoms with Gasteiger partial charge in [0.25, 0.3) is 0 Å². The molecule has 178 valence electrons. The fourth-order valence-electron chi connectivity index (χ4n) is 4.09. The Labute approximate surface area is 203 Å². The maximum atomic E-state index is 14.7. The number of likely N-dealkylation sites (tertiary alicyclic amines) is 1. The van der Waals surface area contributed by atoms with Crippen LogP contribution < -0.4 is 0 Å². The van der Waals surface area contributed by atoms with E-state index < -0.39 is 12.0 Å². The predicted molar refractivity (Wildman–Crippen MR) is 126 cm³/mol. The monoisotopic (exact) mass is 495 g/mol. The average molecular weight is 496 g/mol. The normalized spacial score (nSPS) is 20.9. The first-order valence-corrected chi connectivity index (χ1v) is 11.3. The molecule has 2 heterocycles. The minimum atomic E-state index is -0.865. The van der Waals surface area contributed by atoms with Crippen molar-refractivity contribution in [3.63, 3.8) is 0 Å². The van der Waals surface area contributed by atoms with Crippen LogP contribution >= 0.6 is 25.0 Å². The van der Waals surface area contributed by atoms with Gasteiger partial charge in [0.1, 0.15) is 5.82 Å². The smallest absolute Gasteiger partial charge is 0.303 e. The number of thiol groups is 1. The third-order valence-electron chi connectivity index (χ3n) is 5.95. The Bertz CT molecular complexity index is 1030. The van der Waals surface area contributed by atoms with Crippen LogP contribution in [0.15, 0.2) is 29.8 Å². The maximum Gasteiger partial charge on any atom is 0.303 e. The number of carboxylic acid groups (broad SMARTS) is 1. The van der Waals surface area contributed by atoms with Gasteiger partial charge in [0, 0.05) is 42.8 Å². The van der Waals surface area contributed by atoms with E-state index >= 15 is 0 Å². The third kappa shape index (κ3) is 6.18. The molecule has 1 saturated carbocycles. The van der Waals surface area contributed by atoms with E-state index in [-0.39, 0.29) is 41.6 Å². The first-order chi connectivity index (χ1) is 15.4. The molecule has 2 aliphatic rings. The highest BCUT2D eigenvalue weighted by atomic mass is 35.5. The molecule has 2 fully saturated rings. The van der Waals surface area contributed by atoms with Crippen LogP contribution in [0.2, 0.25) is 0 Å². The highest BCUT2D eigenvalue weighted by molar-refractivity contribution is 7.81. The molecule has 0 radical (unpaired) electrons. The number of nitrogens with zero attached hydrogens (tertiary/aromatic N) is 5. The van der Waals surface area contributed by atoms with Crippen molar-refractivity contribution < 1.29 is 19.1 Å². The second-order valence-corrected chi connectivity index (χ2v) is 8.98. The van der Waals surface area contributed by atoms with E-state index in [1.165, 1.54) is 6.07 Å². The van der Waals surface area contributed by atoms with Crippen molar-refractivity contribution in [2.75, 3.05) is 13.1 Å². The van der Waals surface area contributed by atoms with Gasteiger partial charge < -0.3 is 5.11 Å². The molecule has 0 spiro atoms. The summed E-state index contributed by atoms with van der Waals surface area (Å²) in [6.07, 6.45) is 4.73. The van der Waals surface area contributed by atoms with E-state index in [2.05, 4.69) is 15.5 Å². The summed E-state index contributed by atoms with van der Waals surface area (Å²) in [6.45, 7) is 1.47. The van der Waals surface area contributed by atoms with Gasteiger partial charge in [-0.05, 0) is 53.8 Å². The number of halogens is 2. The zero-order valence-corrected chi connectivity index (χ0v) is 19.7. The topological polar surface area (TPSA) is 101 Å². The molecule has 33 heavy (non-hydrogen) atoms. The lowest BCUT2D eigenvalue weighted by atomic mass is 9.93. The number of ketones is 1. The number of carbonyl (C=O) groups is 2. The van der Waals surface area contributed by atoms with Gasteiger partial charge in [0.2, 0.25) is 0 Å². The molecule has 2 unspecified atom stereocenters. The van der Waals surface area contributed by atoms with Crippen molar-refractivity contribution >= 4 is 42.9 Å². The molecule has 1 aliphatic carbocycles. The van der Waals surface area contributed by atoms with Crippen LogP contribution in [0.3, 0.4) is 0 Å². The highest BCUT2D eigenvalue weighted by Gasteiger charge is 2.40. The van der Waals surface area contributed by atoms with E-state index in [4.69, 9.17) is 17.7 Å². The Balaban J connectivity index is 0.00000306. The molecule has 0 amide bonds. The molecule has 2 atom stereocenters. The second kappa shape index (κ2) is 11.2. The molecule has 1 saturated heterocycles. The Morgan fingerprint density at radius 3 is 2.73 bits per heavy atom. The van der Waals surface area contributed by atoms with Crippen LogP contribution in [0.25, 0.3) is 6.08 Å². The van der Waals surface area contributed by atoms with Crippen LogP contribution in [-0.4, -0.2) is 60.3 Å². The van der Waals surface area contributed by atoms with Crippen molar-refractivity contribution in [2.45, 2.75) is 49.9 Å². The van der Waals surface area contributed by atoms with Gasteiger partial charge in [-0.3, -0.25) is 14.5 Å². The van der Waals surface area contributed by atoms with Crippen molar-refractivity contribution in [2.24, 2.45) is 5.92 Å². The fourth-order valence-corrected chi connectivity index (χ4v) is 4.36. The molecule has 2 aromatic rings. The van der Waals surface area contributed by atoms with Crippen molar-refractivity contribution in [3.8, 4) is 0 Å². The number of carboxylic acids is 1. The van der Waals surface area contributed by atoms with Gasteiger partial charge in [-0.25, -0.2) is 9.07 Å². The third-order valence-corrected chi connectivity index (χ3v) is 6.54. The van der Waals surface area contributed by atoms with E-state index in [1.807, 2.05) is 11.0 Å². The number of carbonyl (C=O) groups excluding carboxylic acids is 1. The number of hydrogen-bond donors (Lipinski definition) is 2. The summed E-state index contributed by atoms with van der Waals surface area (Å²) in [4.78, 5) is 26.0. The summed E-state index contributed by atoms with van der Waals surface area (Å²) in [5, 5.41) is 20.5. The Kier molecular flexibility index (Phi) is 8.61. The molecule has 1 aromatic heterocycles. The van der Waals surface area contributed by atoms with E-state index in [9.17, 15) is 14.0 Å². The van der Waals surface area contributed by atoms with E-state index in [1.54, 1.807) is 22.9 Å². The molecule has 1 aliphatic heterocycles. The lowest BCUT2D eigenvalue weighted by Crippen LogP contribution is -2.42. The number of hydrogen-bond acceptors (Lipinski definition) is 7. The van der Waals surface area contributed by atoms with Crippen LogP contribution in [-0.2, 0) is 16.1 Å². The Hall–Kier alpha value is -2.30. The molecule has 0 bridgehead atoms.